The molecule has 0 bridgehead atoms. The Morgan fingerprint density at radius 3 is 2.19 bits per heavy atom. The van der Waals surface area contributed by atoms with Crippen LogP contribution in [0, 0.1) is 5.92 Å². The lowest BCUT2D eigenvalue weighted by atomic mass is 9.90. The molecule has 6 nitrogen and oxygen atoms in total. The predicted molar refractivity (Wildman–Crippen MR) is 103 cm³/mol. The molecule has 1 heterocycles. The second kappa shape index (κ2) is 9.02. The van der Waals surface area contributed by atoms with Crippen molar-refractivity contribution in [3.63, 3.8) is 0 Å². The minimum atomic E-state index is -0.520. The summed E-state index contributed by atoms with van der Waals surface area (Å²) in [6, 6.07) is 7.34. The molecule has 0 aromatic heterocycles. The molecule has 0 spiro atoms. The SMILES string of the molecule is CCOC(=O)CC(=O)C1CCN(c2ccc(C(=O)OC(C)(C)C)cc2)CC1. The number of carbonyl (C=O) groups excluding carboxylic acids is 3. The Bertz CT molecular complexity index is 667. The van der Waals surface area contributed by atoms with Crippen molar-refractivity contribution in [2.75, 3.05) is 24.6 Å². The highest BCUT2D eigenvalue weighted by molar-refractivity contribution is 5.97. The van der Waals surface area contributed by atoms with E-state index in [2.05, 4.69) is 4.90 Å². The van der Waals surface area contributed by atoms with Gasteiger partial charge in [0.15, 0.2) is 0 Å². The number of benzene rings is 1. The maximum absolute atomic E-state index is 12.2. The van der Waals surface area contributed by atoms with Crippen LogP contribution >= 0.6 is 0 Å². The van der Waals surface area contributed by atoms with Crippen LogP contribution in [0.2, 0.25) is 0 Å². The molecule has 1 saturated heterocycles. The molecule has 27 heavy (non-hydrogen) atoms. The zero-order valence-corrected chi connectivity index (χ0v) is 16.6. The lowest BCUT2D eigenvalue weighted by Crippen LogP contribution is -2.37. The number of hydrogen-bond donors (Lipinski definition) is 0. The van der Waals surface area contributed by atoms with Crippen LogP contribution in [-0.4, -0.2) is 43.0 Å². The molecule has 0 radical (unpaired) electrons. The largest absolute Gasteiger partial charge is 0.466 e. The van der Waals surface area contributed by atoms with Crippen LogP contribution in [0.25, 0.3) is 0 Å². The Labute approximate surface area is 160 Å². The van der Waals surface area contributed by atoms with Crippen molar-refractivity contribution in [1.29, 1.82) is 0 Å². The third-order valence-electron chi connectivity index (χ3n) is 4.44. The van der Waals surface area contributed by atoms with Gasteiger partial charge in [-0.3, -0.25) is 9.59 Å². The predicted octanol–water partition coefficient (Wildman–Crippen LogP) is 3.38. The Hall–Kier alpha value is -2.37. The molecule has 0 atom stereocenters. The summed E-state index contributed by atoms with van der Waals surface area (Å²) in [6.07, 6.45) is 1.29. The smallest absolute Gasteiger partial charge is 0.338 e. The Kier molecular flexibility index (Phi) is 6.99. The van der Waals surface area contributed by atoms with Crippen LogP contribution in [0.4, 0.5) is 5.69 Å². The third-order valence-corrected chi connectivity index (χ3v) is 4.44. The lowest BCUT2D eigenvalue weighted by Gasteiger charge is -2.33. The van der Waals surface area contributed by atoms with Crippen molar-refractivity contribution in [3.05, 3.63) is 29.8 Å². The highest BCUT2D eigenvalue weighted by atomic mass is 16.6. The number of piperidine rings is 1. The van der Waals surface area contributed by atoms with Crippen molar-refractivity contribution < 1.29 is 23.9 Å². The van der Waals surface area contributed by atoms with Gasteiger partial charge in [0.05, 0.1) is 12.2 Å². The van der Waals surface area contributed by atoms with E-state index in [1.54, 1.807) is 19.1 Å². The quantitative estimate of drug-likeness (QED) is 0.561. The maximum atomic E-state index is 12.2. The van der Waals surface area contributed by atoms with Gasteiger partial charge in [-0.05, 0) is 64.8 Å². The van der Waals surface area contributed by atoms with Crippen LogP contribution in [0.5, 0.6) is 0 Å². The summed E-state index contributed by atoms with van der Waals surface area (Å²) in [6.45, 7) is 9.03. The summed E-state index contributed by atoms with van der Waals surface area (Å²) in [5.74, 6) is -0.903. The van der Waals surface area contributed by atoms with Crippen molar-refractivity contribution in [1.82, 2.24) is 0 Å². The molecule has 1 aliphatic heterocycles. The van der Waals surface area contributed by atoms with Crippen molar-refractivity contribution >= 4 is 23.4 Å². The Morgan fingerprint density at radius 1 is 1.07 bits per heavy atom. The monoisotopic (exact) mass is 375 g/mol. The van der Waals surface area contributed by atoms with E-state index >= 15 is 0 Å². The number of esters is 2. The fourth-order valence-electron chi connectivity index (χ4n) is 3.10. The summed E-state index contributed by atoms with van der Waals surface area (Å²) in [7, 11) is 0. The second-order valence-electron chi connectivity index (χ2n) is 7.76. The average Bonchev–Trinajstić information content (AvgIpc) is 2.60. The minimum absolute atomic E-state index is 0.0339. The summed E-state index contributed by atoms with van der Waals surface area (Å²) in [5, 5.41) is 0. The highest BCUT2D eigenvalue weighted by Crippen LogP contribution is 2.25. The fourth-order valence-corrected chi connectivity index (χ4v) is 3.10. The number of Topliss-reactive ketones (excluding diaryl/α,β-unsaturated/α-hetero) is 1. The van der Waals surface area contributed by atoms with Crippen LogP contribution < -0.4 is 4.90 Å². The first-order chi connectivity index (χ1) is 12.7. The van der Waals surface area contributed by atoms with E-state index in [-0.39, 0.29) is 24.1 Å². The van der Waals surface area contributed by atoms with Crippen molar-refractivity contribution in [2.24, 2.45) is 5.92 Å². The molecular formula is C21H29NO5. The van der Waals surface area contributed by atoms with Gasteiger partial charge < -0.3 is 14.4 Å². The Balaban J connectivity index is 1.88. The maximum Gasteiger partial charge on any atom is 0.338 e. The van der Waals surface area contributed by atoms with Gasteiger partial charge in [-0.2, -0.15) is 0 Å². The molecule has 0 amide bonds. The van der Waals surface area contributed by atoms with Crippen molar-refractivity contribution in [2.45, 2.75) is 52.6 Å². The lowest BCUT2D eigenvalue weighted by molar-refractivity contribution is -0.146. The molecule has 6 heteroatoms. The van der Waals surface area contributed by atoms with Gasteiger partial charge in [0.2, 0.25) is 0 Å². The van der Waals surface area contributed by atoms with E-state index in [9.17, 15) is 14.4 Å². The first kappa shape index (κ1) is 20.9. The van der Waals surface area contributed by atoms with Crippen LogP contribution in [-0.2, 0) is 19.1 Å². The second-order valence-corrected chi connectivity index (χ2v) is 7.76. The molecule has 2 rings (SSSR count). The van der Waals surface area contributed by atoms with E-state index in [4.69, 9.17) is 9.47 Å². The fraction of sp³-hybridized carbons (Fsp3) is 0.571. The van der Waals surface area contributed by atoms with Gasteiger partial charge in [0.25, 0.3) is 0 Å². The van der Waals surface area contributed by atoms with Gasteiger partial charge in [0.1, 0.15) is 17.8 Å². The first-order valence-corrected chi connectivity index (χ1v) is 9.46. The average molecular weight is 375 g/mol. The van der Waals surface area contributed by atoms with Gasteiger partial charge in [-0.1, -0.05) is 0 Å². The number of nitrogens with zero attached hydrogens (tertiary/aromatic N) is 1. The number of rotatable bonds is 6. The van der Waals surface area contributed by atoms with E-state index in [0.29, 0.717) is 25.0 Å². The van der Waals surface area contributed by atoms with Crippen LogP contribution in [0.3, 0.4) is 0 Å². The van der Waals surface area contributed by atoms with Gasteiger partial charge >= 0.3 is 11.9 Å². The normalized spacial score (nSPS) is 15.3. The van der Waals surface area contributed by atoms with Gasteiger partial charge in [0, 0.05) is 24.7 Å². The van der Waals surface area contributed by atoms with Gasteiger partial charge in [-0.15, -0.1) is 0 Å². The minimum Gasteiger partial charge on any atom is -0.466 e. The Morgan fingerprint density at radius 2 is 1.67 bits per heavy atom. The number of hydrogen-bond acceptors (Lipinski definition) is 6. The number of ketones is 1. The summed E-state index contributed by atoms with van der Waals surface area (Å²) < 4.78 is 10.2. The van der Waals surface area contributed by atoms with Crippen LogP contribution in [0.15, 0.2) is 24.3 Å². The molecule has 0 unspecified atom stereocenters. The highest BCUT2D eigenvalue weighted by Gasteiger charge is 2.27. The molecule has 0 aliphatic carbocycles. The molecular weight excluding hydrogens is 346 g/mol. The van der Waals surface area contributed by atoms with E-state index < -0.39 is 11.6 Å². The molecule has 0 saturated carbocycles. The zero-order chi connectivity index (χ0) is 20.0. The number of anilines is 1. The van der Waals surface area contributed by atoms with Gasteiger partial charge in [-0.25, -0.2) is 4.79 Å². The van der Waals surface area contributed by atoms with E-state index in [0.717, 1.165) is 18.8 Å². The summed E-state index contributed by atoms with van der Waals surface area (Å²) in [5.41, 5.74) is 1.01. The molecule has 1 fully saturated rings. The van der Waals surface area contributed by atoms with Crippen LogP contribution in [0.1, 0.15) is 57.3 Å². The molecule has 0 N–H and O–H groups in total. The first-order valence-electron chi connectivity index (χ1n) is 9.46. The summed E-state index contributed by atoms with van der Waals surface area (Å²) in [4.78, 5) is 37.9. The molecule has 1 aromatic carbocycles. The number of ether oxygens (including phenoxy) is 2. The van der Waals surface area contributed by atoms with Crippen molar-refractivity contribution in [3.8, 4) is 0 Å². The van der Waals surface area contributed by atoms with E-state index in [1.165, 1.54) is 0 Å². The standard InChI is InChI=1S/C21H29NO5/c1-5-26-19(24)14-18(23)15-10-12-22(13-11-15)17-8-6-16(7-9-17)20(25)27-21(2,3)4/h6-9,15H,5,10-14H2,1-4H3. The summed E-state index contributed by atoms with van der Waals surface area (Å²) >= 11 is 0. The molecule has 1 aromatic rings. The molecule has 1 aliphatic rings. The number of carbonyl (C=O) groups is 3. The topological polar surface area (TPSA) is 72.9 Å². The zero-order valence-electron chi connectivity index (χ0n) is 16.6. The molecule has 148 valence electrons. The van der Waals surface area contributed by atoms with E-state index in [1.807, 2.05) is 32.9 Å². The third kappa shape index (κ3) is 6.38.